The summed E-state index contributed by atoms with van der Waals surface area (Å²) in [5.74, 6) is -33.5. The lowest BCUT2D eigenvalue weighted by molar-refractivity contribution is -0.142. The van der Waals surface area contributed by atoms with E-state index in [0.717, 1.165) is 0 Å². The molecule has 141 heavy (non-hydrogen) atoms. The largest absolute Gasteiger partial charge is 0.508 e. The fraction of sp³-hybridized carbons (Fsp3) is 0.481. The van der Waals surface area contributed by atoms with Crippen molar-refractivity contribution < 1.29 is 180 Å². The van der Waals surface area contributed by atoms with E-state index >= 15 is 0 Å². The molecule has 0 aliphatic rings. The molecule has 26 amide bonds. The summed E-state index contributed by atoms with van der Waals surface area (Å²) in [7, 11) is 0. The Morgan fingerprint density at radius 1 is 0.234 bits per heavy atom. The van der Waals surface area contributed by atoms with Crippen molar-refractivity contribution in [3.05, 3.63) is 59.7 Å². The number of rotatable bonds is 66. The summed E-state index contributed by atoms with van der Waals surface area (Å²) in [6.07, 6.45) is -6.10. The quantitative estimate of drug-likeness (QED) is 0.0292. The van der Waals surface area contributed by atoms with Crippen LogP contribution in [0, 0.1) is 0 Å². The van der Waals surface area contributed by atoms with Crippen LogP contribution in [0.4, 0.5) is 0 Å². The van der Waals surface area contributed by atoms with Crippen LogP contribution in [0.15, 0.2) is 48.5 Å². The van der Waals surface area contributed by atoms with Gasteiger partial charge in [0.05, 0.1) is 131 Å². The van der Waals surface area contributed by atoms with E-state index in [1.165, 1.54) is 48.5 Å². The second-order valence-corrected chi connectivity index (χ2v) is 29.6. The van der Waals surface area contributed by atoms with Crippen LogP contribution in [0.1, 0.15) is 49.7 Å². The molecule has 776 valence electrons. The number of aromatic hydroxyl groups is 2. The number of carboxylic acids is 2. The third kappa shape index (κ3) is 50.9. The number of aliphatic hydroxyl groups is 5. The van der Waals surface area contributed by atoms with Gasteiger partial charge in [-0.2, -0.15) is 0 Å². The van der Waals surface area contributed by atoms with Gasteiger partial charge in [-0.25, -0.2) is 4.79 Å². The standard InChI is InChI=1S/C77H111N27O37/c78-39(30-105)67(130)103-48(33-108)71(134)92-22-58(120)85-20-56(118)88-28-64(126)98-46(31-106)69(132)90-21-57(119)84-19-55(117)86-25-61(123)95-42(13-35-1-5-37(110)6-2-35)68(131)94-29-65(127)96-43(15-52(81)114)75(138)100-40(9-11-50(79)112)73(136)102-44(16-66(128)129)76(139)101-41(10-12-51(80)113)74(137)104-49(34-109)72(135)93-23-59(121)83-17-53(115)82-18-54(116)87-27-63(125)99-47(32-107)70(133)91-24-60(122)89-26-62(124)97-45(77(140)141)14-36-3-7-38(111)8-4-36/h1-8,39-49,105-111H,9-34,78H2,(H2,79,112)(H2,80,113)(H2,81,114)(H,82,115)(H,83,121)(H,84,119)(H,85,120)(H,86,117)(H,87,116)(H,88,118)(H,89,122)(H,90,132)(H,91,133)(H,92,134)(H,93,135)(H,94,131)(H,95,123)(H,96,127)(H,97,124)(H,98,126)(H,99,125)(H,100,138)(H,101,139)(H,102,136)(H,103,130)(H,104,137)(H,128,129)(H,140,141)/t39-,40-,41-,42-,43-,44-,45-,46-,47-,48-,49-/m0/s1. The first-order valence-electron chi connectivity index (χ1n) is 41.6. The van der Waals surface area contributed by atoms with Crippen molar-refractivity contribution in [1.29, 1.82) is 0 Å². The normalized spacial score (nSPS) is 12.9. The van der Waals surface area contributed by atoms with Gasteiger partial charge in [0.15, 0.2) is 0 Å². The summed E-state index contributed by atoms with van der Waals surface area (Å²) >= 11 is 0. The number of aliphatic carboxylic acids is 2. The fourth-order valence-corrected chi connectivity index (χ4v) is 10.9. The molecular weight excluding hydrogens is 1890 g/mol. The molecule has 0 aromatic heterocycles. The lowest BCUT2D eigenvalue weighted by atomic mass is 10.0. The molecule has 2 rings (SSSR count). The summed E-state index contributed by atoms with van der Waals surface area (Å²) in [4.78, 5) is 355. The van der Waals surface area contributed by atoms with Crippen molar-refractivity contribution in [3.63, 3.8) is 0 Å². The van der Waals surface area contributed by atoms with E-state index < -0.39 is 395 Å². The first kappa shape index (κ1) is 120. The van der Waals surface area contributed by atoms with Gasteiger partial charge in [0.1, 0.15) is 78.0 Å². The van der Waals surface area contributed by atoms with E-state index in [-0.39, 0.29) is 23.5 Å². The highest BCUT2D eigenvalue weighted by Gasteiger charge is 2.37. The predicted octanol–water partition coefficient (Wildman–Crippen LogP) is -23.5. The van der Waals surface area contributed by atoms with Crippen molar-refractivity contribution in [2.24, 2.45) is 22.9 Å². The lowest BCUT2D eigenvalue weighted by Crippen LogP contribution is -2.60. The van der Waals surface area contributed by atoms with Gasteiger partial charge < -0.3 is 191 Å². The average Bonchev–Trinajstić information content (AvgIpc) is 0.855. The zero-order chi connectivity index (χ0) is 106. The maximum Gasteiger partial charge on any atom is 0.326 e. The van der Waals surface area contributed by atoms with Gasteiger partial charge in [-0.15, -0.1) is 0 Å². The third-order valence-corrected chi connectivity index (χ3v) is 18.2. The molecule has 0 unspecified atom stereocenters. The average molecular weight is 2010 g/mol. The third-order valence-electron chi connectivity index (χ3n) is 18.2. The second-order valence-electron chi connectivity index (χ2n) is 29.6. The molecule has 11 atom stereocenters. The number of phenolic OH excluding ortho intramolecular Hbond substituents is 2. The van der Waals surface area contributed by atoms with Gasteiger partial charge in [-0.05, 0) is 48.2 Å². The maximum atomic E-state index is 14.0. The first-order chi connectivity index (χ1) is 66.5. The van der Waals surface area contributed by atoms with Gasteiger partial charge in [0.2, 0.25) is 154 Å². The van der Waals surface area contributed by atoms with Crippen molar-refractivity contribution in [2.75, 3.05) is 118 Å². The van der Waals surface area contributed by atoms with E-state index in [2.05, 4.69) is 90.4 Å². The molecule has 0 saturated heterocycles. The minimum atomic E-state index is -2.29. The number of hydrogen-bond acceptors (Lipinski definition) is 36. The molecule has 40 N–H and O–H groups in total. The van der Waals surface area contributed by atoms with E-state index in [1.54, 1.807) is 0 Å². The highest BCUT2D eigenvalue weighted by molar-refractivity contribution is 6.02. The van der Waals surface area contributed by atoms with Crippen molar-refractivity contribution in [2.45, 2.75) is 118 Å². The SMILES string of the molecule is NC(=O)CC[C@H](NC(=O)[C@H](CC(N)=O)NC(=O)CNC(=O)[C@H](Cc1ccc(O)cc1)NC(=O)CNC(=O)CNC(=O)CNC(=O)[C@H](CO)NC(=O)CNC(=O)CNC(=O)CNC(=O)[C@H](CO)NC(=O)[C@@H](N)CO)C(=O)N[C@@H](CC(=O)O)C(=O)N[C@@H](CCC(N)=O)C(=O)N[C@@H](CO)C(=O)NCC(=O)NCC(=O)NCC(=O)NCC(=O)N[C@@H](CO)C(=O)NCC(=O)NCC(=O)N[C@@H](Cc1ccc(O)cc1)C(=O)O. The Bertz CT molecular complexity index is 4840. The number of nitrogens with one attached hydrogen (secondary N) is 23. The molecule has 0 aliphatic heterocycles. The van der Waals surface area contributed by atoms with E-state index in [4.69, 9.17) is 28.0 Å². The molecule has 0 bridgehead atoms. The summed E-state index contributed by atoms with van der Waals surface area (Å²) < 4.78 is 0. The van der Waals surface area contributed by atoms with E-state index in [0.29, 0.717) is 5.56 Å². The fourth-order valence-electron chi connectivity index (χ4n) is 10.9. The van der Waals surface area contributed by atoms with Crippen LogP contribution in [-0.4, -0.2) is 396 Å². The number of carbonyl (C=O) groups is 28. The van der Waals surface area contributed by atoms with Gasteiger partial charge in [-0.3, -0.25) is 129 Å². The Morgan fingerprint density at radius 3 is 0.730 bits per heavy atom. The maximum absolute atomic E-state index is 14.0. The Kier molecular flexibility index (Phi) is 54.5. The number of primary amides is 3. The number of amides is 26. The van der Waals surface area contributed by atoms with Crippen LogP contribution in [0.3, 0.4) is 0 Å². The predicted molar refractivity (Wildman–Crippen MR) is 466 cm³/mol. The van der Waals surface area contributed by atoms with Crippen LogP contribution >= 0.6 is 0 Å². The molecule has 0 aliphatic carbocycles. The molecule has 0 heterocycles. The van der Waals surface area contributed by atoms with Crippen LogP contribution in [0.5, 0.6) is 11.5 Å². The Morgan fingerprint density at radius 2 is 0.454 bits per heavy atom. The summed E-state index contributed by atoms with van der Waals surface area (Å²) in [5.41, 5.74) is 22.0. The van der Waals surface area contributed by atoms with Gasteiger partial charge in [0.25, 0.3) is 0 Å². The minimum absolute atomic E-state index is 0.0832. The van der Waals surface area contributed by atoms with Crippen LogP contribution in [0.25, 0.3) is 0 Å². The number of aliphatic hydroxyl groups excluding tert-OH is 5. The Hall–Kier alpha value is -17.0. The molecule has 0 spiro atoms. The highest BCUT2D eigenvalue weighted by atomic mass is 16.4. The number of phenols is 2. The molecule has 0 radical (unpaired) electrons. The van der Waals surface area contributed by atoms with Crippen molar-refractivity contribution in [1.82, 2.24) is 122 Å². The summed E-state index contributed by atoms with van der Waals surface area (Å²) in [6, 6.07) is -9.48. The molecule has 64 nitrogen and oxygen atoms in total. The molecule has 0 saturated carbocycles. The topological polar surface area (TPSA) is 1040 Å². The highest BCUT2D eigenvalue weighted by Crippen LogP contribution is 2.14. The van der Waals surface area contributed by atoms with Crippen molar-refractivity contribution >= 4 is 166 Å². The smallest absolute Gasteiger partial charge is 0.326 e. The van der Waals surface area contributed by atoms with Crippen LogP contribution in [0.2, 0.25) is 0 Å². The number of carboxylic acid groups (broad SMARTS) is 2. The molecular formula is C77H111N27O37. The van der Waals surface area contributed by atoms with Gasteiger partial charge in [-0.1, -0.05) is 24.3 Å². The number of nitrogens with two attached hydrogens (primary N) is 4. The van der Waals surface area contributed by atoms with Crippen molar-refractivity contribution in [3.8, 4) is 11.5 Å². The van der Waals surface area contributed by atoms with Gasteiger partial charge in [0, 0.05) is 25.7 Å². The molecule has 64 heteroatoms. The summed E-state index contributed by atoms with van der Waals surface area (Å²) in [5, 5.41) is 134. The van der Waals surface area contributed by atoms with E-state index in [1.807, 2.05) is 31.9 Å². The molecule has 2 aromatic carbocycles. The number of benzene rings is 2. The first-order valence-corrected chi connectivity index (χ1v) is 41.6. The minimum Gasteiger partial charge on any atom is -0.508 e. The monoisotopic (exact) mass is 2010 g/mol. The number of carbonyl (C=O) groups excluding carboxylic acids is 26. The summed E-state index contributed by atoms with van der Waals surface area (Å²) in [6.45, 7) is -16.2. The zero-order valence-electron chi connectivity index (χ0n) is 74.6. The lowest BCUT2D eigenvalue weighted by Gasteiger charge is -2.26. The second kappa shape index (κ2) is 64.1. The molecule has 2 aromatic rings. The van der Waals surface area contributed by atoms with Crippen LogP contribution < -0.4 is 145 Å². The zero-order valence-corrected chi connectivity index (χ0v) is 74.6. The Labute approximate surface area is 795 Å². The Balaban J connectivity index is 2.01. The van der Waals surface area contributed by atoms with E-state index in [9.17, 15) is 175 Å². The van der Waals surface area contributed by atoms with Crippen LogP contribution in [-0.2, 0) is 147 Å². The number of hydrogen-bond donors (Lipinski definition) is 36. The molecule has 0 fully saturated rings. The van der Waals surface area contributed by atoms with Gasteiger partial charge >= 0.3 is 11.9 Å².